The van der Waals surface area contributed by atoms with Crippen molar-refractivity contribution in [2.24, 2.45) is 0 Å². The van der Waals surface area contributed by atoms with Crippen LogP contribution in [0.4, 0.5) is 5.69 Å². The van der Waals surface area contributed by atoms with Crippen LogP contribution in [0.5, 0.6) is 0 Å². The molecule has 1 fully saturated rings. The number of hydrogen-bond donors (Lipinski definition) is 1. The molecule has 4 nitrogen and oxygen atoms in total. The Balaban J connectivity index is 1.43. The van der Waals surface area contributed by atoms with Gasteiger partial charge in [-0.2, -0.15) is 0 Å². The third-order valence-corrected chi connectivity index (χ3v) is 6.67. The van der Waals surface area contributed by atoms with E-state index in [1.807, 2.05) is 24.3 Å². The molecule has 0 unspecified atom stereocenters. The van der Waals surface area contributed by atoms with Crippen molar-refractivity contribution in [1.29, 1.82) is 0 Å². The fraction of sp³-hybridized carbons (Fsp3) is 0.407. The van der Waals surface area contributed by atoms with E-state index in [-0.39, 0.29) is 0 Å². The summed E-state index contributed by atoms with van der Waals surface area (Å²) in [7, 11) is 4.39. The number of nitrogens with one attached hydrogen (secondary N) is 1. The number of aromatic nitrogens is 1. The van der Waals surface area contributed by atoms with Gasteiger partial charge in [-0.15, -0.1) is 0 Å². The normalized spacial score (nSPS) is 15.2. The van der Waals surface area contributed by atoms with Crippen LogP contribution in [0, 0.1) is 11.8 Å². The topological polar surface area (TPSA) is 23.4 Å². The summed E-state index contributed by atoms with van der Waals surface area (Å²) in [5.41, 5.74) is 4.75. The Bertz CT molecular complexity index is 1100. The van der Waals surface area contributed by atoms with E-state index in [9.17, 15) is 0 Å². The minimum atomic E-state index is 0.598. The molecule has 0 saturated carbocycles. The smallest absolute Gasteiger partial charge is 0.0931 e. The van der Waals surface area contributed by atoms with Gasteiger partial charge in [0, 0.05) is 40.7 Å². The standard InChI is InChI=1S/C27H33ClN4/c1-4-32-26(6-5-15-29-24-10-8-23(28)9-11-24)19-22-18-21(7-12-27(22)32)20-31-16-13-25(14-17-31)30(2)3/h7-12,18-19,25,29H,4,13-17,20H2,1-3H3. The fourth-order valence-electron chi connectivity index (χ4n) is 4.56. The third kappa shape index (κ3) is 5.48. The summed E-state index contributed by atoms with van der Waals surface area (Å²) in [6.07, 6.45) is 2.51. The molecule has 1 saturated heterocycles. The van der Waals surface area contributed by atoms with Gasteiger partial charge in [0.2, 0.25) is 0 Å². The number of fused-ring (bicyclic) bond motifs is 1. The average Bonchev–Trinajstić information content (AvgIpc) is 3.15. The van der Waals surface area contributed by atoms with E-state index in [1.54, 1.807) is 0 Å². The first-order valence-electron chi connectivity index (χ1n) is 11.5. The summed E-state index contributed by atoms with van der Waals surface area (Å²) in [5.74, 6) is 6.63. The lowest BCUT2D eigenvalue weighted by molar-refractivity contribution is 0.140. The number of halogens is 1. The Morgan fingerprint density at radius 2 is 1.81 bits per heavy atom. The van der Waals surface area contributed by atoms with E-state index in [4.69, 9.17) is 11.6 Å². The first kappa shape index (κ1) is 22.7. The van der Waals surface area contributed by atoms with Gasteiger partial charge in [0.15, 0.2) is 0 Å². The van der Waals surface area contributed by atoms with Gasteiger partial charge in [0.05, 0.1) is 12.2 Å². The molecule has 0 spiro atoms. The summed E-state index contributed by atoms with van der Waals surface area (Å²) < 4.78 is 2.30. The average molecular weight is 449 g/mol. The van der Waals surface area contributed by atoms with E-state index in [2.05, 4.69) is 76.8 Å². The van der Waals surface area contributed by atoms with Gasteiger partial charge in [-0.3, -0.25) is 4.90 Å². The van der Waals surface area contributed by atoms with Crippen LogP contribution >= 0.6 is 11.6 Å². The van der Waals surface area contributed by atoms with E-state index in [0.717, 1.165) is 35.5 Å². The van der Waals surface area contributed by atoms with Gasteiger partial charge in [-0.05, 0) is 101 Å². The minimum Gasteiger partial charge on any atom is -0.374 e. The number of nitrogens with zero attached hydrogens (tertiary/aromatic N) is 3. The van der Waals surface area contributed by atoms with Gasteiger partial charge in [0.1, 0.15) is 0 Å². The number of aryl methyl sites for hydroxylation is 1. The van der Waals surface area contributed by atoms with Crippen molar-refractivity contribution in [1.82, 2.24) is 14.4 Å². The van der Waals surface area contributed by atoms with Gasteiger partial charge in [0.25, 0.3) is 0 Å². The molecule has 32 heavy (non-hydrogen) atoms. The first-order valence-corrected chi connectivity index (χ1v) is 11.9. The zero-order chi connectivity index (χ0) is 22.5. The Labute approximate surface area is 197 Å². The lowest BCUT2D eigenvalue weighted by Crippen LogP contribution is -2.41. The van der Waals surface area contributed by atoms with Crippen molar-refractivity contribution in [2.75, 3.05) is 39.0 Å². The lowest BCUT2D eigenvalue weighted by Gasteiger charge is -2.35. The van der Waals surface area contributed by atoms with E-state index >= 15 is 0 Å². The second kappa shape index (κ2) is 10.4. The maximum atomic E-state index is 5.94. The summed E-state index contributed by atoms with van der Waals surface area (Å²) in [5, 5.41) is 5.35. The van der Waals surface area contributed by atoms with Crippen LogP contribution in [0.1, 0.15) is 31.0 Å². The van der Waals surface area contributed by atoms with E-state index in [1.165, 1.54) is 42.4 Å². The Kier molecular flexibility index (Phi) is 7.42. The summed E-state index contributed by atoms with van der Waals surface area (Å²) in [6.45, 7) is 7.07. The van der Waals surface area contributed by atoms with Crippen molar-refractivity contribution >= 4 is 28.2 Å². The van der Waals surface area contributed by atoms with Crippen molar-refractivity contribution < 1.29 is 0 Å². The molecule has 4 rings (SSSR count). The highest BCUT2D eigenvalue weighted by Crippen LogP contribution is 2.23. The highest BCUT2D eigenvalue weighted by Gasteiger charge is 2.20. The Morgan fingerprint density at radius 1 is 1.06 bits per heavy atom. The third-order valence-electron chi connectivity index (χ3n) is 6.42. The molecule has 0 radical (unpaired) electrons. The second-order valence-electron chi connectivity index (χ2n) is 8.80. The summed E-state index contributed by atoms with van der Waals surface area (Å²) in [4.78, 5) is 4.95. The van der Waals surface area contributed by atoms with Crippen LogP contribution < -0.4 is 5.32 Å². The maximum Gasteiger partial charge on any atom is 0.0931 e. The Hall–Kier alpha value is -2.45. The SMILES string of the molecule is CCn1c(C#CCNc2ccc(Cl)cc2)cc2cc(CN3CCC(N(C)C)CC3)ccc21. The lowest BCUT2D eigenvalue weighted by atomic mass is 10.0. The number of benzene rings is 2. The zero-order valence-corrected chi connectivity index (χ0v) is 20.1. The predicted octanol–water partition coefficient (Wildman–Crippen LogP) is 5.30. The summed E-state index contributed by atoms with van der Waals surface area (Å²) in [6, 6.07) is 17.6. The molecule has 0 atom stereocenters. The molecule has 1 N–H and O–H groups in total. The molecule has 1 aliphatic heterocycles. The molecule has 2 aromatic carbocycles. The molecule has 0 amide bonds. The zero-order valence-electron chi connectivity index (χ0n) is 19.4. The van der Waals surface area contributed by atoms with Crippen LogP contribution in [-0.4, -0.2) is 54.1 Å². The van der Waals surface area contributed by atoms with Crippen LogP contribution in [0.25, 0.3) is 10.9 Å². The molecular weight excluding hydrogens is 416 g/mol. The quantitative estimate of drug-likeness (QED) is 0.517. The van der Waals surface area contributed by atoms with Crippen LogP contribution in [-0.2, 0) is 13.1 Å². The highest BCUT2D eigenvalue weighted by molar-refractivity contribution is 6.30. The summed E-state index contributed by atoms with van der Waals surface area (Å²) >= 11 is 5.94. The number of hydrogen-bond acceptors (Lipinski definition) is 3. The van der Waals surface area contributed by atoms with Crippen molar-refractivity contribution in [3.05, 3.63) is 64.8 Å². The second-order valence-corrected chi connectivity index (χ2v) is 9.24. The Morgan fingerprint density at radius 3 is 2.50 bits per heavy atom. The van der Waals surface area contributed by atoms with Gasteiger partial charge in [-0.1, -0.05) is 23.6 Å². The number of anilines is 1. The monoisotopic (exact) mass is 448 g/mol. The minimum absolute atomic E-state index is 0.598. The molecule has 168 valence electrons. The van der Waals surface area contributed by atoms with Gasteiger partial charge >= 0.3 is 0 Å². The predicted molar refractivity (Wildman–Crippen MR) is 136 cm³/mol. The number of piperidine rings is 1. The van der Waals surface area contributed by atoms with Crippen LogP contribution in [0.3, 0.4) is 0 Å². The van der Waals surface area contributed by atoms with Crippen molar-refractivity contribution in [3.63, 3.8) is 0 Å². The molecule has 5 heteroatoms. The van der Waals surface area contributed by atoms with Gasteiger partial charge < -0.3 is 14.8 Å². The van der Waals surface area contributed by atoms with Crippen LogP contribution in [0.15, 0.2) is 48.5 Å². The van der Waals surface area contributed by atoms with Crippen LogP contribution in [0.2, 0.25) is 5.02 Å². The molecule has 0 bridgehead atoms. The molecule has 2 heterocycles. The molecule has 0 aliphatic carbocycles. The van der Waals surface area contributed by atoms with E-state index in [0.29, 0.717) is 6.54 Å². The molecular formula is C27H33ClN4. The van der Waals surface area contributed by atoms with Crippen molar-refractivity contribution in [3.8, 4) is 11.8 Å². The maximum absolute atomic E-state index is 5.94. The first-order chi connectivity index (χ1) is 15.5. The molecule has 1 aliphatic rings. The van der Waals surface area contributed by atoms with Crippen molar-refractivity contribution in [2.45, 2.75) is 38.9 Å². The highest BCUT2D eigenvalue weighted by atomic mass is 35.5. The fourth-order valence-corrected chi connectivity index (χ4v) is 4.69. The van der Waals surface area contributed by atoms with Gasteiger partial charge in [-0.25, -0.2) is 0 Å². The largest absolute Gasteiger partial charge is 0.374 e. The van der Waals surface area contributed by atoms with E-state index < -0.39 is 0 Å². The molecule has 3 aromatic rings. The molecule has 1 aromatic heterocycles. The number of rotatable bonds is 6. The number of likely N-dealkylation sites (tertiary alicyclic amines) is 1.